The summed E-state index contributed by atoms with van der Waals surface area (Å²) in [6, 6.07) is 0. The number of amides is 2. The molecule has 238 valence electrons. The maximum Gasteiger partial charge on any atom is 0.329 e. The molecule has 1 rings (SSSR count). The zero-order chi connectivity index (χ0) is 29.6. The smallest absolute Gasteiger partial charge is 0.329 e. The number of hydrogen-bond donors (Lipinski definition) is 1. The third-order valence-corrected chi connectivity index (χ3v) is 4.93. The van der Waals surface area contributed by atoms with Crippen molar-refractivity contribution in [1.82, 2.24) is 4.90 Å². The number of carboxylic acids is 1. The van der Waals surface area contributed by atoms with Crippen LogP contribution in [0.4, 0.5) is 0 Å². The Morgan fingerprint density at radius 3 is 0.976 bits per heavy atom. The first-order valence-electron chi connectivity index (χ1n) is 13.6. The van der Waals surface area contributed by atoms with Gasteiger partial charge >= 0.3 is 5.97 Å². The monoisotopic (exact) mass is 595 g/mol. The first-order valence-corrected chi connectivity index (χ1v) is 13.6. The lowest BCUT2D eigenvalue weighted by atomic mass is 10.5. The van der Waals surface area contributed by atoms with Crippen LogP contribution in [0.15, 0.2) is 12.2 Å². The number of imide groups is 1. The highest BCUT2D eigenvalue weighted by Gasteiger charge is 2.22. The number of aliphatic carboxylic acids is 1. The summed E-state index contributed by atoms with van der Waals surface area (Å²) in [6.45, 7) is 7.86. The summed E-state index contributed by atoms with van der Waals surface area (Å²) in [6.07, 6.45) is 2.50. The van der Waals surface area contributed by atoms with Gasteiger partial charge in [0.2, 0.25) is 0 Å². The van der Waals surface area contributed by atoms with E-state index in [2.05, 4.69) is 0 Å². The highest BCUT2D eigenvalue weighted by Crippen LogP contribution is 2.02. The average molecular weight is 596 g/mol. The van der Waals surface area contributed by atoms with Crippen molar-refractivity contribution in [2.75, 3.05) is 139 Å². The molecule has 0 radical (unpaired) electrons. The van der Waals surface area contributed by atoms with Crippen LogP contribution < -0.4 is 0 Å². The molecule has 0 saturated carbocycles. The average Bonchev–Trinajstić information content (AvgIpc) is 3.28. The van der Waals surface area contributed by atoms with Crippen LogP contribution in [0, 0.1) is 0 Å². The fraction of sp³-hybridized carbons (Fsp3) is 0.808. The van der Waals surface area contributed by atoms with E-state index in [-0.39, 0.29) is 38.2 Å². The molecular formula is C26H45NO14. The minimum atomic E-state index is -1.00. The quantitative estimate of drug-likeness (QED) is 0.0755. The van der Waals surface area contributed by atoms with Crippen LogP contribution >= 0.6 is 0 Å². The molecule has 0 aromatic rings. The number of carbonyl (C=O) groups excluding carboxylic acids is 2. The Hall–Kier alpha value is -2.05. The Morgan fingerprint density at radius 2 is 0.707 bits per heavy atom. The number of rotatable bonds is 32. The van der Waals surface area contributed by atoms with Crippen LogP contribution in [-0.4, -0.2) is 166 Å². The van der Waals surface area contributed by atoms with Crippen LogP contribution in [-0.2, 0) is 61.8 Å². The van der Waals surface area contributed by atoms with E-state index in [0.717, 1.165) is 4.90 Å². The number of carbonyl (C=O) groups is 3. The van der Waals surface area contributed by atoms with Crippen LogP contribution in [0.1, 0.15) is 0 Å². The SMILES string of the molecule is O=C(O)COCCOCCOCCOCCOCCOCCOCCOCCOCCOCCN1C(=O)C=CC1=O. The van der Waals surface area contributed by atoms with Gasteiger partial charge < -0.3 is 52.5 Å². The predicted molar refractivity (Wildman–Crippen MR) is 142 cm³/mol. The first-order chi connectivity index (χ1) is 20.1. The Balaban J connectivity index is 1.64. The van der Waals surface area contributed by atoms with Gasteiger partial charge in [-0.3, -0.25) is 14.5 Å². The predicted octanol–water partition coefficient (Wildman–Crippen LogP) is -0.838. The van der Waals surface area contributed by atoms with Crippen molar-refractivity contribution in [2.45, 2.75) is 0 Å². The van der Waals surface area contributed by atoms with Crippen LogP contribution in [0.25, 0.3) is 0 Å². The van der Waals surface area contributed by atoms with Gasteiger partial charge in [-0.2, -0.15) is 0 Å². The molecule has 15 heteroatoms. The Kier molecular flexibility index (Phi) is 25.3. The van der Waals surface area contributed by atoms with Crippen molar-refractivity contribution in [2.24, 2.45) is 0 Å². The molecule has 2 amide bonds. The molecular weight excluding hydrogens is 550 g/mol. The molecule has 1 N–H and O–H groups in total. The minimum absolute atomic E-state index is 0.234. The summed E-state index contributed by atoms with van der Waals surface area (Å²) >= 11 is 0. The molecule has 41 heavy (non-hydrogen) atoms. The van der Waals surface area contributed by atoms with Crippen molar-refractivity contribution in [3.8, 4) is 0 Å². The van der Waals surface area contributed by atoms with Gasteiger partial charge in [0, 0.05) is 12.2 Å². The van der Waals surface area contributed by atoms with Crippen molar-refractivity contribution in [3.63, 3.8) is 0 Å². The lowest BCUT2D eigenvalue weighted by molar-refractivity contribution is -0.143. The number of hydrogen-bond acceptors (Lipinski definition) is 13. The van der Waals surface area contributed by atoms with E-state index in [1.165, 1.54) is 12.2 Å². The third-order valence-electron chi connectivity index (χ3n) is 4.93. The molecule has 0 fully saturated rings. The summed E-state index contributed by atoms with van der Waals surface area (Å²) in [5, 5.41) is 8.41. The molecule has 1 aliphatic rings. The fourth-order valence-corrected chi connectivity index (χ4v) is 2.95. The molecule has 0 aliphatic carbocycles. The van der Waals surface area contributed by atoms with Gasteiger partial charge in [0.1, 0.15) is 6.61 Å². The number of carboxylic acid groups (broad SMARTS) is 1. The standard InChI is InChI=1S/C26H45NO14/c28-24-1-2-25(29)27(24)3-4-32-5-6-33-7-8-34-9-10-35-11-12-36-13-14-37-15-16-38-17-18-39-19-20-40-21-22-41-23-26(30)31/h1-2H,3-23H2,(H,30,31). The molecule has 0 aromatic heterocycles. The lowest BCUT2D eigenvalue weighted by Gasteiger charge is -2.13. The normalized spacial score (nSPS) is 13.1. The summed E-state index contributed by atoms with van der Waals surface area (Å²) in [4.78, 5) is 34.1. The van der Waals surface area contributed by atoms with Crippen LogP contribution in [0.3, 0.4) is 0 Å². The van der Waals surface area contributed by atoms with E-state index in [1.54, 1.807) is 0 Å². The highest BCUT2D eigenvalue weighted by molar-refractivity contribution is 6.12. The third kappa shape index (κ3) is 24.3. The van der Waals surface area contributed by atoms with Gasteiger partial charge in [0.25, 0.3) is 11.8 Å². The Bertz CT molecular complexity index is 675. The van der Waals surface area contributed by atoms with Crippen molar-refractivity contribution in [3.05, 3.63) is 12.2 Å². The topological polar surface area (TPSA) is 167 Å². The molecule has 0 unspecified atom stereocenters. The Morgan fingerprint density at radius 1 is 0.463 bits per heavy atom. The lowest BCUT2D eigenvalue weighted by Crippen LogP contribution is -2.33. The van der Waals surface area contributed by atoms with Gasteiger partial charge in [-0.1, -0.05) is 0 Å². The van der Waals surface area contributed by atoms with Crippen LogP contribution in [0.5, 0.6) is 0 Å². The first kappa shape index (κ1) is 37.0. The second-order valence-electron chi connectivity index (χ2n) is 8.12. The second kappa shape index (κ2) is 28.1. The minimum Gasteiger partial charge on any atom is -0.480 e. The molecule has 0 saturated heterocycles. The zero-order valence-electron chi connectivity index (χ0n) is 23.7. The molecule has 0 aromatic carbocycles. The van der Waals surface area contributed by atoms with Gasteiger partial charge in [0.05, 0.1) is 132 Å². The van der Waals surface area contributed by atoms with Gasteiger partial charge in [-0.15, -0.1) is 0 Å². The summed E-state index contributed by atoms with van der Waals surface area (Å²) in [7, 11) is 0. The van der Waals surface area contributed by atoms with Crippen LogP contribution in [0.2, 0.25) is 0 Å². The molecule has 15 nitrogen and oxygen atoms in total. The van der Waals surface area contributed by atoms with E-state index in [9.17, 15) is 14.4 Å². The largest absolute Gasteiger partial charge is 0.480 e. The zero-order valence-corrected chi connectivity index (χ0v) is 23.7. The molecule has 0 bridgehead atoms. The summed E-state index contributed by atoms with van der Waals surface area (Å²) in [5.74, 6) is -1.63. The summed E-state index contributed by atoms with van der Waals surface area (Å²) in [5.41, 5.74) is 0. The van der Waals surface area contributed by atoms with E-state index in [4.69, 9.17) is 52.5 Å². The number of ether oxygens (including phenoxy) is 10. The second-order valence-corrected chi connectivity index (χ2v) is 8.12. The Labute approximate surface area is 240 Å². The molecule has 0 spiro atoms. The van der Waals surface area contributed by atoms with Crippen molar-refractivity contribution >= 4 is 17.8 Å². The maximum atomic E-state index is 11.4. The maximum absolute atomic E-state index is 11.4. The molecule has 0 atom stereocenters. The highest BCUT2D eigenvalue weighted by atomic mass is 16.6. The molecule has 1 aliphatic heterocycles. The van der Waals surface area contributed by atoms with E-state index < -0.39 is 5.97 Å². The van der Waals surface area contributed by atoms with E-state index >= 15 is 0 Å². The van der Waals surface area contributed by atoms with Gasteiger partial charge in [-0.25, -0.2) is 4.79 Å². The fourth-order valence-electron chi connectivity index (χ4n) is 2.95. The summed E-state index contributed by atoms with van der Waals surface area (Å²) < 4.78 is 53.2. The van der Waals surface area contributed by atoms with E-state index in [0.29, 0.717) is 112 Å². The van der Waals surface area contributed by atoms with E-state index in [1.807, 2.05) is 0 Å². The molecule has 1 heterocycles. The van der Waals surface area contributed by atoms with Crippen molar-refractivity contribution < 1.29 is 66.9 Å². The number of nitrogens with zero attached hydrogens (tertiary/aromatic N) is 1. The van der Waals surface area contributed by atoms with Crippen molar-refractivity contribution in [1.29, 1.82) is 0 Å². The van der Waals surface area contributed by atoms with Gasteiger partial charge in [-0.05, 0) is 0 Å². The van der Waals surface area contributed by atoms with Gasteiger partial charge in [0.15, 0.2) is 0 Å².